The van der Waals surface area contributed by atoms with E-state index in [1.807, 2.05) is 6.07 Å². The van der Waals surface area contributed by atoms with Crippen molar-refractivity contribution in [3.8, 4) is 0 Å². The third-order valence-corrected chi connectivity index (χ3v) is 4.30. The maximum absolute atomic E-state index is 13.8. The summed E-state index contributed by atoms with van der Waals surface area (Å²) in [6.45, 7) is 8.51. The van der Waals surface area contributed by atoms with Crippen molar-refractivity contribution in [2.45, 2.75) is 25.2 Å². The number of nitrogens with zero attached hydrogens (tertiary/aromatic N) is 2. The Kier molecular flexibility index (Phi) is 4.62. The lowest BCUT2D eigenvalue weighted by Crippen LogP contribution is -2.52. The molecule has 1 fully saturated rings. The van der Waals surface area contributed by atoms with Crippen LogP contribution in [-0.2, 0) is 5.33 Å². The molecule has 100 valence electrons. The molecule has 1 saturated heterocycles. The van der Waals surface area contributed by atoms with Crippen LogP contribution in [0.1, 0.15) is 19.4 Å². The SMILES string of the molecule is CCN1CCN(c2cccc(F)c2CBr)CC1C. The minimum atomic E-state index is -0.116. The molecule has 0 amide bonds. The lowest BCUT2D eigenvalue weighted by molar-refractivity contribution is 0.199. The zero-order valence-corrected chi connectivity index (χ0v) is 12.6. The normalized spacial score (nSPS) is 21.3. The highest BCUT2D eigenvalue weighted by molar-refractivity contribution is 9.08. The summed E-state index contributed by atoms with van der Waals surface area (Å²) in [6.07, 6.45) is 0. The van der Waals surface area contributed by atoms with Gasteiger partial charge in [0.25, 0.3) is 0 Å². The fourth-order valence-corrected chi connectivity index (χ4v) is 3.21. The van der Waals surface area contributed by atoms with Crippen LogP contribution in [0.2, 0.25) is 0 Å². The quantitative estimate of drug-likeness (QED) is 0.790. The number of halogens is 2. The first-order valence-electron chi connectivity index (χ1n) is 6.49. The molecular formula is C14H20BrFN2. The van der Waals surface area contributed by atoms with Gasteiger partial charge >= 0.3 is 0 Å². The first-order chi connectivity index (χ1) is 8.67. The van der Waals surface area contributed by atoms with Crippen LogP contribution in [0.3, 0.4) is 0 Å². The molecule has 4 heteroatoms. The number of piperazine rings is 1. The number of anilines is 1. The number of likely N-dealkylation sites (N-methyl/N-ethyl adjacent to an activating group) is 1. The van der Waals surface area contributed by atoms with E-state index in [2.05, 4.69) is 39.6 Å². The molecule has 0 bridgehead atoms. The number of benzene rings is 1. The predicted octanol–water partition coefficient (Wildman–Crippen LogP) is 3.25. The average Bonchev–Trinajstić information content (AvgIpc) is 2.38. The van der Waals surface area contributed by atoms with E-state index in [0.29, 0.717) is 11.4 Å². The molecule has 1 aromatic carbocycles. The van der Waals surface area contributed by atoms with Gasteiger partial charge in [-0.2, -0.15) is 0 Å². The van der Waals surface area contributed by atoms with Crippen molar-refractivity contribution in [3.05, 3.63) is 29.6 Å². The molecule has 0 spiro atoms. The Hall–Kier alpha value is -0.610. The van der Waals surface area contributed by atoms with E-state index < -0.39 is 0 Å². The monoisotopic (exact) mass is 314 g/mol. The van der Waals surface area contributed by atoms with E-state index in [1.54, 1.807) is 6.07 Å². The first kappa shape index (κ1) is 13.8. The van der Waals surface area contributed by atoms with Crippen LogP contribution in [0.15, 0.2) is 18.2 Å². The second kappa shape index (κ2) is 6.02. The molecule has 0 saturated carbocycles. The van der Waals surface area contributed by atoms with Gasteiger partial charge in [-0.1, -0.05) is 28.9 Å². The van der Waals surface area contributed by atoms with Crippen LogP contribution < -0.4 is 4.90 Å². The molecule has 1 aliphatic rings. The van der Waals surface area contributed by atoms with Gasteiger partial charge in [0.05, 0.1) is 0 Å². The van der Waals surface area contributed by atoms with Gasteiger partial charge in [0.2, 0.25) is 0 Å². The highest BCUT2D eigenvalue weighted by Crippen LogP contribution is 2.27. The van der Waals surface area contributed by atoms with Gasteiger partial charge < -0.3 is 4.90 Å². The average molecular weight is 315 g/mol. The Bertz CT molecular complexity index is 411. The Balaban J connectivity index is 2.20. The zero-order valence-electron chi connectivity index (χ0n) is 11.0. The van der Waals surface area contributed by atoms with Crippen molar-refractivity contribution < 1.29 is 4.39 Å². The van der Waals surface area contributed by atoms with Gasteiger partial charge in [0.1, 0.15) is 5.82 Å². The molecule has 18 heavy (non-hydrogen) atoms. The van der Waals surface area contributed by atoms with Gasteiger partial charge in [-0.05, 0) is 25.6 Å². The molecule has 1 aliphatic heterocycles. The summed E-state index contributed by atoms with van der Waals surface area (Å²) in [5.74, 6) is -0.116. The van der Waals surface area contributed by atoms with Gasteiger partial charge in [0, 0.05) is 42.3 Å². The number of hydrogen-bond acceptors (Lipinski definition) is 2. The van der Waals surface area contributed by atoms with Crippen molar-refractivity contribution in [3.63, 3.8) is 0 Å². The highest BCUT2D eigenvalue weighted by atomic mass is 79.9. The maximum Gasteiger partial charge on any atom is 0.129 e. The summed E-state index contributed by atoms with van der Waals surface area (Å²) in [5.41, 5.74) is 1.81. The maximum atomic E-state index is 13.8. The standard InChI is InChI=1S/C14H20BrFN2/c1-3-17-7-8-18(10-11(17)2)14-6-4-5-13(16)12(14)9-15/h4-6,11H,3,7-10H2,1-2H3. The zero-order chi connectivity index (χ0) is 13.1. The van der Waals surface area contributed by atoms with E-state index >= 15 is 0 Å². The lowest BCUT2D eigenvalue weighted by atomic mass is 10.1. The predicted molar refractivity (Wildman–Crippen MR) is 78.0 cm³/mol. The fourth-order valence-electron chi connectivity index (χ4n) is 2.66. The second-order valence-electron chi connectivity index (χ2n) is 4.79. The minimum absolute atomic E-state index is 0.116. The number of rotatable bonds is 3. The molecule has 1 unspecified atom stereocenters. The summed E-state index contributed by atoms with van der Waals surface area (Å²) in [6, 6.07) is 5.88. The third kappa shape index (κ3) is 2.69. The van der Waals surface area contributed by atoms with E-state index in [4.69, 9.17) is 0 Å². The molecule has 0 radical (unpaired) electrons. The van der Waals surface area contributed by atoms with E-state index in [1.165, 1.54) is 6.07 Å². The van der Waals surface area contributed by atoms with Gasteiger partial charge in [-0.15, -0.1) is 0 Å². The molecular weight excluding hydrogens is 295 g/mol. The van der Waals surface area contributed by atoms with E-state index in [-0.39, 0.29) is 5.82 Å². The summed E-state index contributed by atoms with van der Waals surface area (Å²) >= 11 is 3.39. The van der Waals surface area contributed by atoms with Gasteiger partial charge in [-0.25, -0.2) is 4.39 Å². The molecule has 2 nitrogen and oxygen atoms in total. The Morgan fingerprint density at radius 3 is 2.78 bits per heavy atom. The molecule has 0 aromatic heterocycles. The largest absolute Gasteiger partial charge is 0.368 e. The second-order valence-corrected chi connectivity index (χ2v) is 5.36. The number of alkyl halides is 1. The molecule has 1 aromatic rings. The topological polar surface area (TPSA) is 6.48 Å². The first-order valence-corrected chi connectivity index (χ1v) is 7.61. The van der Waals surface area contributed by atoms with Crippen molar-refractivity contribution >= 4 is 21.6 Å². The molecule has 2 rings (SSSR count). The Morgan fingerprint density at radius 1 is 1.39 bits per heavy atom. The van der Waals surface area contributed by atoms with Crippen molar-refractivity contribution in [2.24, 2.45) is 0 Å². The third-order valence-electron chi connectivity index (χ3n) is 3.74. The highest BCUT2D eigenvalue weighted by Gasteiger charge is 2.24. The van der Waals surface area contributed by atoms with Crippen molar-refractivity contribution in [1.82, 2.24) is 4.90 Å². The fraction of sp³-hybridized carbons (Fsp3) is 0.571. The van der Waals surface area contributed by atoms with Crippen LogP contribution in [0, 0.1) is 5.82 Å². The molecule has 0 aliphatic carbocycles. The van der Waals surface area contributed by atoms with Crippen molar-refractivity contribution in [2.75, 3.05) is 31.1 Å². The smallest absolute Gasteiger partial charge is 0.129 e. The van der Waals surface area contributed by atoms with Crippen LogP contribution in [0.5, 0.6) is 0 Å². The van der Waals surface area contributed by atoms with Crippen LogP contribution >= 0.6 is 15.9 Å². The molecule has 1 heterocycles. The van der Waals surface area contributed by atoms with Gasteiger partial charge in [-0.3, -0.25) is 4.90 Å². The van der Waals surface area contributed by atoms with Gasteiger partial charge in [0.15, 0.2) is 0 Å². The van der Waals surface area contributed by atoms with Crippen LogP contribution in [0.25, 0.3) is 0 Å². The molecule has 1 atom stereocenters. The van der Waals surface area contributed by atoms with E-state index in [0.717, 1.165) is 37.4 Å². The van der Waals surface area contributed by atoms with Crippen LogP contribution in [0.4, 0.5) is 10.1 Å². The van der Waals surface area contributed by atoms with Crippen molar-refractivity contribution in [1.29, 1.82) is 0 Å². The van der Waals surface area contributed by atoms with Crippen LogP contribution in [-0.4, -0.2) is 37.1 Å². The summed E-state index contributed by atoms with van der Waals surface area (Å²) in [4.78, 5) is 4.76. The Labute approximate surface area is 117 Å². The minimum Gasteiger partial charge on any atom is -0.368 e. The molecule has 0 N–H and O–H groups in total. The number of hydrogen-bond donors (Lipinski definition) is 0. The summed E-state index contributed by atoms with van der Waals surface area (Å²) in [5, 5.41) is 0.567. The summed E-state index contributed by atoms with van der Waals surface area (Å²) < 4.78 is 13.8. The van der Waals surface area contributed by atoms with E-state index in [9.17, 15) is 4.39 Å². The lowest BCUT2D eigenvalue weighted by Gasteiger charge is -2.41. The Morgan fingerprint density at radius 2 is 2.17 bits per heavy atom. The summed E-state index contributed by atoms with van der Waals surface area (Å²) in [7, 11) is 0.